The Bertz CT molecular complexity index is 194. The van der Waals surface area contributed by atoms with Crippen molar-refractivity contribution in [1.82, 2.24) is 10.2 Å². The Kier molecular flexibility index (Phi) is 5.73. The van der Waals surface area contributed by atoms with Crippen LogP contribution in [-0.4, -0.2) is 49.3 Å². The summed E-state index contributed by atoms with van der Waals surface area (Å²) in [4.78, 5) is 2.53. The zero-order valence-electron chi connectivity index (χ0n) is 11.4. The molecule has 16 heavy (non-hydrogen) atoms. The first-order valence-electron chi connectivity index (χ1n) is 6.62. The highest BCUT2D eigenvalue weighted by Crippen LogP contribution is 2.14. The van der Waals surface area contributed by atoms with E-state index in [1.807, 2.05) is 0 Å². The van der Waals surface area contributed by atoms with Gasteiger partial charge in [0.05, 0.1) is 6.61 Å². The van der Waals surface area contributed by atoms with Crippen LogP contribution in [0.15, 0.2) is 0 Å². The molecule has 0 spiro atoms. The first-order chi connectivity index (χ1) is 7.55. The summed E-state index contributed by atoms with van der Waals surface area (Å²) in [5.74, 6) is 0. The molecule has 1 N–H and O–H groups in total. The molecule has 1 rings (SSSR count). The van der Waals surface area contributed by atoms with Crippen LogP contribution in [0.5, 0.6) is 0 Å². The molecule has 3 heteroatoms. The van der Waals surface area contributed by atoms with Gasteiger partial charge in [-0.3, -0.25) is 4.90 Å². The second-order valence-corrected chi connectivity index (χ2v) is 5.55. The normalized spacial score (nSPS) is 25.9. The van der Waals surface area contributed by atoms with Crippen molar-refractivity contribution in [3.05, 3.63) is 0 Å². The zero-order chi connectivity index (χ0) is 12.0. The fourth-order valence-electron chi connectivity index (χ4n) is 2.10. The third-order valence-corrected chi connectivity index (χ3v) is 3.26. The van der Waals surface area contributed by atoms with Gasteiger partial charge in [-0.05, 0) is 27.2 Å². The molecule has 0 saturated carbocycles. The summed E-state index contributed by atoms with van der Waals surface area (Å²) in [5.41, 5.74) is 0.246. The second kappa shape index (κ2) is 6.58. The van der Waals surface area contributed by atoms with E-state index in [0.29, 0.717) is 6.04 Å². The van der Waals surface area contributed by atoms with E-state index in [9.17, 15) is 0 Å². The van der Waals surface area contributed by atoms with Crippen molar-refractivity contribution in [2.45, 2.75) is 52.1 Å². The smallest absolute Gasteiger partial charge is 0.0593 e. The molecule has 0 aromatic rings. The lowest BCUT2D eigenvalue weighted by molar-refractivity contribution is 0.0541. The number of hydrogen-bond acceptors (Lipinski definition) is 3. The van der Waals surface area contributed by atoms with Crippen molar-refractivity contribution in [2.24, 2.45) is 0 Å². The predicted octanol–water partition coefficient (Wildman–Crippen LogP) is 1.88. The van der Waals surface area contributed by atoms with Crippen LogP contribution < -0.4 is 5.32 Å². The molecule has 96 valence electrons. The summed E-state index contributed by atoms with van der Waals surface area (Å²) in [7, 11) is 0. The molecule has 0 aliphatic carbocycles. The molecule has 1 saturated heterocycles. The van der Waals surface area contributed by atoms with Crippen molar-refractivity contribution >= 4 is 0 Å². The SMILES string of the molecule is CCCCOCCN1CC(C)(C)NCC1C. The summed E-state index contributed by atoms with van der Waals surface area (Å²) in [6.07, 6.45) is 2.40. The number of nitrogens with one attached hydrogen (secondary N) is 1. The number of nitrogens with zero attached hydrogens (tertiary/aromatic N) is 1. The van der Waals surface area contributed by atoms with Crippen molar-refractivity contribution in [1.29, 1.82) is 0 Å². The molecule has 1 aliphatic heterocycles. The molecule has 1 atom stereocenters. The van der Waals surface area contributed by atoms with E-state index in [2.05, 4.69) is 37.9 Å². The third-order valence-electron chi connectivity index (χ3n) is 3.26. The number of ether oxygens (including phenoxy) is 1. The topological polar surface area (TPSA) is 24.5 Å². The Morgan fingerprint density at radius 3 is 2.81 bits per heavy atom. The molecule has 0 aromatic heterocycles. The molecule has 0 aromatic carbocycles. The Balaban J connectivity index is 2.18. The number of rotatable bonds is 6. The van der Waals surface area contributed by atoms with Gasteiger partial charge in [-0.25, -0.2) is 0 Å². The lowest BCUT2D eigenvalue weighted by Gasteiger charge is -2.43. The first-order valence-corrected chi connectivity index (χ1v) is 6.62. The van der Waals surface area contributed by atoms with E-state index < -0.39 is 0 Å². The van der Waals surface area contributed by atoms with Gasteiger partial charge in [0, 0.05) is 37.8 Å². The summed E-state index contributed by atoms with van der Waals surface area (Å²) in [6, 6.07) is 0.628. The molecule has 1 fully saturated rings. The van der Waals surface area contributed by atoms with Gasteiger partial charge in [-0.1, -0.05) is 13.3 Å². The van der Waals surface area contributed by atoms with Gasteiger partial charge in [0.2, 0.25) is 0 Å². The van der Waals surface area contributed by atoms with E-state index >= 15 is 0 Å². The highest BCUT2D eigenvalue weighted by atomic mass is 16.5. The maximum absolute atomic E-state index is 5.63. The van der Waals surface area contributed by atoms with Crippen molar-refractivity contribution in [3.8, 4) is 0 Å². The van der Waals surface area contributed by atoms with Gasteiger partial charge in [-0.15, -0.1) is 0 Å². The van der Waals surface area contributed by atoms with Gasteiger partial charge in [0.15, 0.2) is 0 Å². The number of piperazine rings is 1. The number of unbranched alkanes of at least 4 members (excludes halogenated alkanes) is 1. The van der Waals surface area contributed by atoms with Crippen LogP contribution in [0, 0.1) is 0 Å². The van der Waals surface area contributed by atoms with Gasteiger partial charge in [0.25, 0.3) is 0 Å². The lowest BCUT2D eigenvalue weighted by atomic mass is 9.99. The fourth-order valence-corrected chi connectivity index (χ4v) is 2.10. The largest absolute Gasteiger partial charge is 0.380 e. The first kappa shape index (κ1) is 13.9. The third kappa shape index (κ3) is 4.81. The molecule has 3 nitrogen and oxygen atoms in total. The van der Waals surface area contributed by atoms with Gasteiger partial charge in [0.1, 0.15) is 0 Å². The van der Waals surface area contributed by atoms with Crippen molar-refractivity contribution < 1.29 is 4.74 Å². The van der Waals surface area contributed by atoms with Crippen LogP contribution in [0.1, 0.15) is 40.5 Å². The lowest BCUT2D eigenvalue weighted by Crippen LogP contribution is -2.61. The van der Waals surface area contributed by atoms with Gasteiger partial charge in [-0.2, -0.15) is 0 Å². The summed E-state index contributed by atoms with van der Waals surface area (Å²) >= 11 is 0. The van der Waals surface area contributed by atoms with E-state index in [0.717, 1.165) is 32.8 Å². The summed E-state index contributed by atoms with van der Waals surface area (Å²) in [6.45, 7) is 14.1. The van der Waals surface area contributed by atoms with Gasteiger partial charge >= 0.3 is 0 Å². The summed E-state index contributed by atoms with van der Waals surface area (Å²) in [5, 5.41) is 3.57. The maximum Gasteiger partial charge on any atom is 0.0593 e. The van der Waals surface area contributed by atoms with E-state index in [4.69, 9.17) is 4.74 Å². The molecule has 1 aliphatic rings. The van der Waals surface area contributed by atoms with E-state index in [1.165, 1.54) is 12.8 Å². The minimum Gasteiger partial charge on any atom is -0.380 e. The number of hydrogen-bond donors (Lipinski definition) is 1. The Labute approximate surface area is 101 Å². The standard InChI is InChI=1S/C13H28N2O/c1-5-6-8-16-9-7-15-11-13(3,4)14-10-12(15)2/h12,14H,5-11H2,1-4H3. The van der Waals surface area contributed by atoms with E-state index in [1.54, 1.807) is 0 Å². The van der Waals surface area contributed by atoms with Crippen LogP contribution in [0.2, 0.25) is 0 Å². The second-order valence-electron chi connectivity index (χ2n) is 5.55. The molecule has 0 amide bonds. The van der Waals surface area contributed by atoms with Crippen molar-refractivity contribution in [3.63, 3.8) is 0 Å². The average molecular weight is 228 g/mol. The maximum atomic E-state index is 5.63. The Hall–Kier alpha value is -0.120. The molecule has 1 heterocycles. The van der Waals surface area contributed by atoms with Gasteiger partial charge < -0.3 is 10.1 Å². The Morgan fingerprint density at radius 2 is 2.12 bits per heavy atom. The molecular weight excluding hydrogens is 200 g/mol. The Morgan fingerprint density at radius 1 is 1.38 bits per heavy atom. The highest BCUT2D eigenvalue weighted by Gasteiger charge is 2.29. The molecular formula is C13H28N2O. The van der Waals surface area contributed by atoms with Crippen LogP contribution in [0.3, 0.4) is 0 Å². The minimum atomic E-state index is 0.246. The molecule has 0 radical (unpaired) electrons. The quantitative estimate of drug-likeness (QED) is 0.703. The van der Waals surface area contributed by atoms with Crippen molar-refractivity contribution in [2.75, 3.05) is 32.8 Å². The predicted molar refractivity (Wildman–Crippen MR) is 68.8 cm³/mol. The van der Waals surface area contributed by atoms with Crippen LogP contribution in [0.4, 0.5) is 0 Å². The molecule has 0 bridgehead atoms. The van der Waals surface area contributed by atoms with Crippen LogP contribution >= 0.6 is 0 Å². The van der Waals surface area contributed by atoms with Crippen LogP contribution in [0.25, 0.3) is 0 Å². The summed E-state index contributed by atoms with van der Waals surface area (Å²) < 4.78 is 5.63. The monoisotopic (exact) mass is 228 g/mol. The highest BCUT2D eigenvalue weighted by molar-refractivity contribution is 4.90. The minimum absolute atomic E-state index is 0.246. The molecule has 1 unspecified atom stereocenters. The van der Waals surface area contributed by atoms with Crippen LogP contribution in [-0.2, 0) is 4.74 Å². The van der Waals surface area contributed by atoms with E-state index in [-0.39, 0.29) is 5.54 Å². The average Bonchev–Trinajstić information content (AvgIpc) is 2.23. The zero-order valence-corrected chi connectivity index (χ0v) is 11.4. The fraction of sp³-hybridized carbons (Fsp3) is 1.00.